The van der Waals surface area contributed by atoms with Crippen molar-refractivity contribution in [2.45, 2.75) is 119 Å². The molecule has 0 atom stereocenters. The van der Waals surface area contributed by atoms with Crippen molar-refractivity contribution in [1.29, 1.82) is 0 Å². The third kappa shape index (κ3) is 8.70. The van der Waals surface area contributed by atoms with Crippen LogP contribution in [0.5, 0.6) is 0 Å². The summed E-state index contributed by atoms with van der Waals surface area (Å²) in [7, 11) is 0. The van der Waals surface area contributed by atoms with Gasteiger partial charge in [0.25, 0.3) is 0 Å². The summed E-state index contributed by atoms with van der Waals surface area (Å²) in [5.41, 5.74) is 6.02. The molecule has 0 saturated carbocycles. The van der Waals surface area contributed by atoms with Crippen molar-refractivity contribution in [3.8, 4) is 11.8 Å². The third-order valence-corrected chi connectivity index (χ3v) is 21.1. The second-order valence-electron chi connectivity index (χ2n) is 17.4. The first-order valence-electron chi connectivity index (χ1n) is 17.6. The van der Waals surface area contributed by atoms with E-state index in [2.05, 4.69) is 206 Å². The number of hydrogen-bond donors (Lipinski definition) is 0. The van der Waals surface area contributed by atoms with Gasteiger partial charge in [0.2, 0.25) is 0 Å². The molecule has 0 N–H and O–H groups in total. The van der Waals surface area contributed by atoms with Gasteiger partial charge in [-0.15, -0.1) is 0 Å². The van der Waals surface area contributed by atoms with E-state index in [0.717, 1.165) is 0 Å². The summed E-state index contributed by atoms with van der Waals surface area (Å²) in [6.07, 6.45) is 0. The van der Waals surface area contributed by atoms with E-state index in [9.17, 15) is 0 Å². The maximum atomic E-state index is 3.92. The predicted molar refractivity (Wildman–Crippen MR) is 220 cm³/mol. The first-order valence-corrected chi connectivity index (χ1v) is 23.9. The zero-order chi connectivity index (χ0) is 35.7. The molecule has 250 valence electrons. The van der Waals surface area contributed by atoms with E-state index in [-0.39, 0.29) is 21.7 Å². The van der Waals surface area contributed by atoms with Crippen molar-refractivity contribution in [2.75, 3.05) is 0 Å². The van der Waals surface area contributed by atoms with Crippen LogP contribution in [-0.2, 0) is 21.7 Å². The van der Waals surface area contributed by atoms with Gasteiger partial charge in [-0.25, -0.2) is 0 Å². The molecule has 0 aromatic heterocycles. The molecule has 0 bridgehead atoms. The van der Waals surface area contributed by atoms with Gasteiger partial charge in [-0.3, -0.25) is 0 Å². The van der Waals surface area contributed by atoms with Gasteiger partial charge in [-0.1, -0.05) is 0 Å². The monoisotopic (exact) mass is 758 g/mol. The molecule has 4 rings (SSSR count). The topological polar surface area (TPSA) is 0 Å². The Hall–Kier alpha value is -2.73. The fraction of sp³-hybridized carbons (Fsp3) is 0.391. The van der Waals surface area contributed by atoms with Crippen LogP contribution in [0.4, 0.5) is 0 Å². The molecule has 0 aliphatic carbocycles. The molecule has 0 heterocycles. The third-order valence-electron chi connectivity index (χ3n) is 9.21. The van der Waals surface area contributed by atoms with Crippen LogP contribution in [0.2, 0.25) is 0 Å². The Bertz CT molecular complexity index is 1650. The van der Waals surface area contributed by atoms with Crippen LogP contribution in [0.3, 0.4) is 0 Å². The van der Waals surface area contributed by atoms with Crippen molar-refractivity contribution in [2.24, 2.45) is 0 Å². The fourth-order valence-electron chi connectivity index (χ4n) is 6.83. The number of hydrogen-bond acceptors (Lipinski definition) is 0. The minimum atomic E-state index is -2.28. The molecular formula is C46H58Ge2. The van der Waals surface area contributed by atoms with Crippen molar-refractivity contribution in [3.05, 3.63) is 119 Å². The molecule has 0 aliphatic heterocycles. The predicted octanol–water partition coefficient (Wildman–Crippen LogP) is 8.35. The van der Waals surface area contributed by atoms with Gasteiger partial charge in [0, 0.05) is 0 Å². The molecular weight excluding hydrogens is 698 g/mol. The maximum absolute atomic E-state index is 3.92. The van der Waals surface area contributed by atoms with E-state index in [1.165, 1.54) is 48.5 Å². The Morgan fingerprint density at radius 2 is 0.542 bits per heavy atom. The fourth-order valence-corrected chi connectivity index (χ4v) is 20.5. The quantitative estimate of drug-likeness (QED) is 0.145. The molecule has 0 saturated heterocycles. The van der Waals surface area contributed by atoms with Gasteiger partial charge in [0.15, 0.2) is 0 Å². The minimum absolute atomic E-state index is 0.0496. The van der Waals surface area contributed by atoms with Gasteiger partial charge in [0.05, 0.1) is 0 Å². The normalized spacial score (nSPS) is 12.2. The molecule has 0 unspecified atom stereocenters. The van der Waals surface area contributed by atoms with Crippen molar-refractivity contribution >= 4 is 54.1 Å². The van der Waals surface area contributed by atoms with Crippen LogP contribution < -0.4 is 17.6 Å². The summed E-state index contributed by atoms with van der Waals surface area (Å²) in [6, 6.07) is 36.9. The molecule has 4 aromatic carbocycles. The van der Waals surface area contributed by atoms with Crippen LogP contribution in [0.15, 0.2) is 97.1 Å². The Morgan fingerprint density at radius 3 is 0.729 bits per heavy atom. The number of rotatable bonds is 4. The van der Waals surface area contributed by atoms with Gasteiger partial charge in [-0.05, 0) is 0 Å². The van der Waals surface area contributed by atoms with E-state index in [4.69, 9.17) is 0 Å². The average Bonchev–Trinajstić information content (AvgIpc) is 2.99. The first kappa shape index (κ1) is 38.1. The van der Waals surface area contributed by atoms with Crippen LogP contribution in [0, 0.1) is 11.8 Å². The van der Waals surface area contributed by atoms with Gasteiger partial charge >= 0.3 is 304 Å². The van der Waals surface area contributed by atoms with Crippen molar-refractivity contribution in [1.82, 2.24) is 0 Å². The summed E-state index contributed by atoms with van der Waals surface area (Å²) in [4.78, 5) is 0. The average molecular weight is 756 g/mol. The zero-order valence-electron chi connectivity index (χ0n) is 32.2. The van der Waals surface area contributed by atoms with E-state index in [0.29, 0.717) is 0 Å². The molecule has 0 spiro atoms. The molecule has 0 fully saturated rings. The van der Waals surface area contributed by atoms with Crippen molar-refractivity contribution < 1.29 is 0 Å². The van der Waals surface area contributed by atoms with E-state index >= 15 is 0 Å². The molecule has 0 aliphatic rings. The summed E-state index contributed by atoms with van der Waals surface area (Å²) in [5, 5.41) is 0. The van der Waals surface area contributed by atoms with Gasteiger partial charge in [-0.2, -0.15) is 0 Å². The van der Waals surface area contributed by atoms with Gasteiger partial charge in [0.1, 0.15) is 0 Å². The second-order valence-corrected chi connectivity index (χ2v) is 28.2. The second kappa shape index (κ2) is 14.6. The Kier molecular flexibility index (Phi) is 11.6. The van der Waals surface area contributed by atoms with E-state index < -0.39 is 27.8 Å². The SMILES string of the molecule is C[C](C#C[C](C)=[Ge]([c]1ccccc1C(C)(C)C)[c]1ccccc1C(C)(C)C)=[Ge]([c]1ccccc1C(C)(C)C)[c]1ccccc1C(C)(C)C. The zero-order valence-corrected chi connectivity index (χ0v) is 36.4. The molecule has 2 heteroatoms. The Labute approximate surface area is 302 Å². The molecule has 4 aromatic rings. The molecule has 48 heavy (non-hydrogen) atoms. The van der Waals surface area contributed by atoms with Crippen LogP contribution in [0.1, 0.15) is 119 Å². The first-order chi connectivity index (χ1) is 22.2. The van der Waals surface area contributed by atoms with Crippen LogP contribution in [0.25, 0.3) is 0 Å². The van der Waals surface area contributed by atoms with E-state index in [1.54, 1.807) is 0 Å². The number of benzene rings is 4. The van der Waals surface area contributed by atoms with Crippen LogP contribution >= 0.6 is 0 Å². The van der Waals surface area contributed by atoms with Gasteiger partial charge < -0.3 is 0 Å². The summed E-state index contributed by atoms with van der Waals surface area (Å²) < 4.78 is 8.84. The molecule has 0 amide bonds. The van der Waals surface area contributed by atoms with Crippen LogP contribution in [-0.4, -0.2) is 36.5 Å². The molecule has 0 radical (unpaired) electrons. The van der Waals surface area contributed by atoms with E-state index in [1.807, 2.05) is 0 Å². The summed E-state index contributed by atoms with van der Waals surface area (Å²) in [6.45, 7) is 32.9. The summed E-state index contributed by atoms with van der Waals surface area (Å²) >= 11 is -4.56. The molecule has 0 nitrogen and oxygen atoms in total. The Morgan fingerprint density at radius 1 is 0.354 bits per heavy atom. The van der Waals surface area contributed by atoms with Crippen molar-refractivity contribution in [3.63, 3.8) is 0 Å². The standard InChI is InChI=1S/C46H58Ge2/c1-33(47(39-27-19-15-23-35(39)43(3,4)5)40-28-20-16-24-36(40)44(6,7)8)31-32-34(2)48(41-29-21-17-25-37(41)45(9,10)11)42-30-22-18-26-38(42)46(12,13)14/h15-30H,1-14H3. The summed E-state index contributed by atoms with van der Waals surface area (Å²) in [5.74, 6) is 7.84. The Balaban J connectivity index is 2.14.